The summed E-state index contributed by atoms with van der Waals surface area (Å²) in [5.74, 6) is -0.0448. The molecule has 7 nitrogen and oxygen atoms in total. The molecule has 0 N–H and O–H groups in total. The number of anilines is 2. The molecule has 0 unspecified atom stereocenters. The van der Waals surface area contributed by atoms with Crippen LogP contribution in [0.3, 0.4) is 0 Å². The number of rotatable bonds is 5. The van der Waals surface area contributed by atoms with E-state index in [1.54, 1.807) is 0 Å². The van der Waals surface area contributed by atoms with Crippen LogP contribution in [-0.4, -0.2) is 68.1 Å². The molecule has 3 fully saturated rings. The van der Waals surface area contributed by atoms with E-state index in [0.717, 1.165) is 30.9 Å². The zero-order valence-electron chi connectivity index (χ0n) is 16.8. The van der Waals surface area contributed by atoms with Crippen molar-refractivity contribution in [3.63, 3.8) is 0 Å². The van der Waals surface area contributed by atoms with E-state index in [0.29, 0.717) is 18.2 Å². The van der Waals surface area contributed by atoms with Crippen molar-refractivity contribution in [2.45, 2.75) is 44.1 Å². The molecule has 0 aliphatic carbocycles. The lowest BCUT2D eigenvalue weighted by Gasteiger charge is -2.26. The van der Waals surface area contributed by atoms with Gasteiger partial charge in [0.15, 0.2) is 15.0 Å². The highest BCUT2D eigenvalue weighted by Gasteiger charge is 2.49. The summed E-state index contributed by atoms with van der Waals surface area (Å²) in [5, 5.41) is 0.490. The lowest BCUT2D eigenvalue weighted by Crippen LogP contribution is -2.38. The summed E-state index contributed by atoms with van der Waals surface area (Å²) in [6.07, 6.45) is 1.09. The van der Waals surface area contributed by atoms with Gasteiger partial charge in [-0.2, -0.15) is 4.99 Å². The highest BCUT2D eigenvalue weighted by Crippen LogP contribution is 2.41. The summed E-state index contributed by atoms with van der Waals surface area (Å²) in [6.45, 7) is 6.66. The van der Waals surface area contributed by atoms with Crippen LogP contribution in [0.1, 0.15) is 26.7 Å². The highest BCUT2D eigenvalue weighted by atomic mass is 32.2. The van der Waals surface area contributed by atoms with Crippen LogP contribution in [-0.2, 0) is 19.4 Å². The van der Waals surface area contributed by atoms with Crippen molar-refractivity contribution in [2.75, 3.05) is 41.0 Å². The molecular weight excluding hydrogens is 410 g/mol. The highest BCUT2D eigenvalue weighted by molar-refractivity contribution is 8.16. The molecular formula is C20H27N3O4S2. The molecule has 1 aromatic carbocycles. The molecule has 3 atom stereocenters. The molecule has 0 aromatic heterocycles. The van der Waals surface area contributed by atoms with Crippen molar-refractivity contribution in [1.82, 2.24) is 0 Å². The quantitative estimate of drug-likeness (QED) is 0.699. The van der Waals surface area contributed by atoms with Gasteiger partial charge in [-0.15, -0.1) is 0 Å². The maximum atomic E-state index is 12.6. The average Bonchev–Trinajstić information content (AvgIpc) is 3.38. The molecule has 3 saturated heterocycles. The van der Waals surface area contributed by atoms with Gasteiger partial charge in [0.2, 0.25) is 0 Å². The first kappa shape index (κ1) is 20.7. The van der Waals surface area contributed by atoms with Gasteiger partial charge >= 0.3 is 0 Å². The van der Waals surface area contributed by atoms with E-state index in [1.807, 2.05) is 29.2 Å². The maximum Gasteiger partial charge on any atom is 0.277 e. The van der Waals surface area contributed by atoms with E-state index in [2.05, 4.69) is 23.7 Å². The van der Waals surface area contributed by atoms with Gasteiger partial charge in [0.25, 0.3) is 5.91 Å². The van der Waals surface area contributed by atoms with Crippen molar-refractivity contribution in [3.8, 4) is 0 Å². The van der Waals surface area contributed by atoms with Crippen molar-refractivity contribution in [2.24, 2.45) is 4.99 Å². The van der Waals surface area contributed by atoms with Gasteiger partial charge in [0.05, 0.1) is 17.5 Å². The smallest absolute Gasteiger partial charge is 0.277 e. The van der Waals surface area contributed by atoms with Crippen LogP contribution in [0.25, 0.3) is 0 Å². The summed E-state index contributed by atoms with van der Waals surface area (Å²) in [7, 11) is -3.08. The molecule has 3 heterocycles. The van der Waals surface area contributed by atoms with Gasteiger partial charge in [0, 0.05) is 36.3 Å². The third-order valence-electron chi connectivity index (χ3n) is 5.73. The third kappa shape index (κ3) is 4.18. The molecule has 0 saturated carbocycles. The van der Waals surface area contributed by atoms with Crippen LogP contribution >= 0.6 is 11.8 Å². The summed E-state index contributed by atoms with van der Waals surface area (Å²) in [5.41, 5.74) is 1.99. The second-order valence-electron chi connectivity index (χ2n) is 7.59. The largest absolute Gasteiger partial charge is 0.372 e. The van der Waals surface area contributed by atoms with E-state index in [4.69, 9.17) is 4.74 Å². The number of thioether (sulfide) groups is 1. The molecule has 0 radical (unpaired) electrons. The molecule has 1 aromatic rings. The van der Waals surface area contributed by atoms with Gasteiger partial charge in [-0.25, -0.2) is 8.42 Å². The monoisotopic (exact) mass is 437 g/mol. The standard InChI is InChI=1S/C20H27N3O4S2/c1-3-22(4-2)14-7-9-15(10-8-14)23-16-12-29(25,26)13-18(16)28-20(23)21-19(24)17-6-5-11-27-17/h7-10,16-18H,3-6,11-13H2,1-2H3/t16-,17+,18+/m0/s1. The zero-order chi connectivity index (χ0) is 20.6. The Labute approximate surface area is 176 Å². The number of hydrogen-bond acceptors (Lipinski definition) is 6. The Morgan fingerprint density at radius 3 is 2.59 bits per heavy atom. The molecule has 1 amide bonds. The number of benzene rings is 1. The first-order valence-corrected chi connectivity index (χ1v) is 12.9. The van der Waals surface area contributed by atoms with E-state index < -0.39 is 15.9 Å². The minimum Gasteiger partial charge on any atom is -0.372 e. The lowest BCUT2D eigenvalue weighted by molar-refractivity contribution is -0.126. The van der Waals surface area contributed by atoms with E-state index in [9.17, 15) is 13.2 Å². The number of hydrogen-bond donors (Lipinski definition) is 0. The van der Waals surface area contributed by atoms with Gasteiger partial charge in [-0.05, 0) is 51.0 Å². The number of sulfone groups is 1. The fraction of sp³-hybridized carbons (Fsp3) is 0.600. The van der Waals surface area contributed by atoms with Gasteiger partial charge in [-0.3, -0.25) is 4.79 Å². The number of ether oxygens (including phenoxy) is 1. The lowest BCUT2D eigenvalue weighted by atomic mass is 10.2. The van der Waals surface area contributed by atoms with Crippen LogP contribution in [0.2, 0.25) is 0 Å². The molecule has 158 valence electrons. The molecule has 0 bridgehead atoms. The van der Waals surface area contributed by atoms with Crippen LogP contribution in [0.15, 0.2) is 29.3 Å². The topological polar surface area (TPSA) is 79.3 Å². The average molecular weight is 438 g/mol. The number of carbonyl (C=O) groups excluding carboxylic acids is 1. The van der Waals surface area contributed by atoms with E-state index in [1.165, 1.54) is 11.8 Å². The number of amidine groups is 1. The SMILES string of the molecule is CCN(CC)c1ccc(N2C(=NC(=O)[C@H]3CCCO3)S[C@@H]3CS(=O)(=O)C[C@@H]32)cc1. The fourth-order valence-electron chi connectivity index (χ4n) is 4.22. The second-order valence-corrected chi connectivity index (χ2v) is 11.0. The van der Waals surface area contributed by atoms with Gasteiger partial charge in [0.1, 0.15) is 6.10 Å². The predicted molar refractivity (Wildman–Crippen MR) is 118 cm³/mol. The Balaban J connectivity index is 1.64. The number of fused-ring (bicyclic) bond motifs is 1. The molecule has 3 aliphatic rings. The third-order valence-corrected chi connectivity index (χ3v) is 8.94. The number of amides is 1. The number of carbonyl (C=O) groups is 1. The van der Waals surface area contributed by atoms with Gasteiger partial charge in [-0.1, -0.05) is 11.8 Å². The normalized spacial score (nSPS) is 29.4. The fourth-order valence-corrected chi connectivity index (χ4v) is 8.14. The second kappa shape index (κ2) is 8.28. The maximum absolute atomic E-state index is 12.6. The summed E-state index contributed by atoms with van der Waals surface area (Å²) < 4.78 is 29.9. The first-order valence-electron chi connectivity index (χ1n) is 10.2. The minimum atomic E-state index is -3.08. The summed E-state index contributed by atoms with van der Waals surface area (Å²) in [6, 6.07) is 7.88. The van der Waals surface area contributed by atoms with Crippen LogP contribution in [0.5, 0.6) is 0 Å². The Hall–Kier alpha value is -1.58. The van der Waals surface area contributed by atoms with Crippen molar-refractivity contribution in [3.05, 3.63) is 24.3 Å². The number of aliphatic imine (C=N–C) groups is 1. The minimum absolute atomic E-state index is 0.0929. The van der Waals surface area contributed by atoms with Crippen molar-refractivity contribution >= 4 is 44.0 Å². The Morgan fingerprint density at radius 1 is 1.24 bits per heavy atom. The predicted octanol–water partition coefficient (Wildman–Crippen LogP) is 2.31. The van der Waals surface area contributed by atoms with E-state index in [-0.39, 0.29) is 28.7 Å². The van der Waals surface area contributed by atoms with Crippen LogP contribution < -0.4 is 9.80 Å². The molecule has 0 spiro atoms. The van der Waals surface area contributed by atoms with Gasteiger partial charge < -0.3 is 14.5 Å². The Bertz CT molecular complexity index is 891. The molecule has 4 rings (SSSR count). The molecule has 29 heavy (non-hydrogen) atoms. The molecule has 3 aliphatic heterocycles. The van der Waals surface area contributed by atoms with Crippen LogP contribution in [0.4, 0.5) is 11.4 Å². The Morgan fingerprint density at radius 2 is 1.97 bits per heavy atom. The van der Waals surface area contributed by atoms with Crippen molar-refractivity contribution in [1.29, 1.82) is 0 Å². The first-order chi connectivity index (χ1) is 13.9. The zero-order valence-corrected chi connectivity index (χ0v) is 18.4. The molecule has 9 heteroatoms. The number of nitrogens with zero attached hydrogens (tertiary/aromatic N) is 3. The van der Waals surface area contributed by atoms with Crippen LogP contribution in [0, 0.1) is 0 Å². The summed E-state index contributed by atoms with van der Waals surface area (Å²) in [4.78, 5) is 21.1. The van der Waals surface area contributed by atoms with E-state index >= 15 is 0 Å². The van der Waals surface area contributed by atoms with Crippen molar-refractivity contribution < 1.29 is 17.9 Å². The Kier molecular flexibility index (Phi) is 5.90. The summed E-state index contributed by atoms with van der Waals surface area (Å²) >= 11 is 1.40.